The Hall–Kier alpha value is 0.300. The Bertz CT molecular complexity index is 279. The lowest BCUT2D eigenvalue weighted by atomic mass is 10.3. The number of nitrogens with two attached hydrogens (primary N) is 1. The zero-order valence-corrected chi connectivity index (χ0v) is 13.4. The van der Waals surface area contributed by atoms with E-state index in [9.17, 15) is 9.13 Å². The molecular weight excluding hydrogens is 276 g/mol. The third kappa shape index (κ3) is 4.44. The molecule has 8 heteroatoms. The number of hydrogen-bond donors (Lipinski definition) is 1. The quantitative estimate of drug-likeness (QED) is 0.590. The van der Waals surface area contributed by atoms with Gasteiger partial charge in [0.05, 0.1) is 13.2 Å². The highest BCUT2D eigenvalue weighted by molar-refractivity contribution is 7.64. The van der Waals surface area contributed by atoms with Crippen molar-refractivity contribution in [2.45, 2.75) is 38.7 Å². The third-order valence-corrected chi connectivity index (χ3v) is 6.94. The van der Waals surface area contributed by atoms with Gasteiger partial charge in [0.15, 0.2) is 0 Å². The molecule has 110 valence electrons. The second kappa shape index (κ2) is 9.24. The minimum absolute atomic E-state index is 0.216. The monoisotopic (exact) mass is 301 g/mol. The first-order chi connectivity index (χ1) is 8.55. The lowest BCUT2D eigenvalue weighted by Crippen LogP contribution is -2.29. The Kier molecular flexibility index (Phi) is 9.40. The predicted molar refractivity (Wildman–Crippen MR) is 73.9 cm³/mol. The van der Waals surface area contributed by atoms with Crippen LogP contribution in [0.4, 0.5) is 0 Å². The van der Waals surface area contributed by atoms with E-state index in [0.29, 0.717) is 26.0 Å². The highest BCUT2D eigenvalue weighted by Gasteiger charge is 2.51. The topological polar surface area (TPSA) is 87.9 Å². The van der Waals surface area contributed by atoms with Crippen LogP contribution in [0.2, 0.25) is 0 Å². The molecule has 0 fully saturated rings. The Labute approximate surface area is 110 Å². The SMILES string of the molecule is CCOC(CCCN)([PH2]=O)P(=O)(OCC)OCC. The van der Waals surface area contributed by atoms with Crippen LogP contribution in [0.3, 0.4) is 0 Å². The minimum Gasteiger partial charge on any atom is -0.356 e. The Morgan fingerprint density at radius 1 is 1.17 bits per heavy atom. The fraction of sp³-hybridized carbons (Fsp3) is 1.00. The van der Waals surface area contributed by atoms with Crippen molar-refractivity contribution >= 4 is 16.1 Å². The third-order valence-electron chi connectivity index (χ3n) is 2.38. The van der Waals surface area contributed by atoms with Gasteiger partial charge in [-0.25, -0.2) is 0 Å². The predicted octanol–water partition coefficient (Wildman–Crippen LogP) is 2.44. The summed E-state index contributed by atoms with van der Waals surface area (Å²) in [5.41, 5.74) is 5.46. The van der Waals surface area contributed by atoms with Crippen LogP contribution in [-0.2, 0) is 22.9 Å². The molecule has 0 aromatic rings. The van der Waals surface area contributed by atoms with Crippen molar-refractivity contribution in [3.63, 3.8) is 0 Å². The molecule has 0 rings (SSSR count). The van der Waals surface area contributed by atoms with E-state index in [2.05, 4.69) is 0 Å². The maximum Gasteiger partial charge on any atom is 0.369 e. The summed E-state index contributed by atoms with van der Waals surface area (Å²) in [6, 6.07) is 0. The summed E-state index contributed by atoms with van der Waals surface area (Å²) in [5.74, 6) is 0. The molecular formula is C10H25NO5P2. The second-order valence-corrected chi connectivity index (χ2v) is 7.54. The number of hydrogen-bond acceptors (Lipinski definition) is 6. The molecule has 0 aliphatic heterocycles. The first kappa shape index (κ1) is 18.3. The standard InChI is InChI=1S/C10H25NO5P2/c1-4-14-10(17-12,8-7-9-11)18(13,15-5-2)16-6-3/h4-9,11,17H2,1-3H3. The molecule has 0 bridgehead atoms. The summed E-state index contributed by atoms with van der Waals surface area (Å²) in [7, 11) is -5.02. The Morgan fingerprint density at radius 3 is 2.06 bits per heavy atom. The molecule has 0 saturated carbocycles. The van der Waals surface area contributed by atoms with Crippen molar-refractivity contribution in [1.82, 2.24) is 0 Å². The van der Waals surface area contributed by atoms with E-state index in [1.165, 1.54) is 0 Å². The van der Waals surface area contributed by atoms with Crippen LogP contribution >= 0.6 is 16.1 Å². The van der Waals surface area contributed by atoms with Crippen molar-refractivity contribution < 1.29 is 22.9 Å². The largest absolute Gasteiger partial charge is 0.369 e. The van der Waals surface area contributed by atoms with E-state index in [-0.39, 0.29) is 13.2 Å². The van der Waals surface area contributed by atoms with Gasteiger partial charge in [-0.15, -0.1) is 0 Å². The van der Waals surface area contributed by atoms with Crippen LogP contribution < -0.4 is 5.73 Å². The van der Waals surface area contributed by atoms with Gasteiger partial charge in [0, 0.05) is 6.61 Å². The van der Waals surface area contributed by atoms with Gasteiger partial charge in [-0.1, -0.05) is 0 Å². The van der Waals surface area contributed by atoms with Crippen molar-refractivity contribution in [2.75, 3.05) is 26.4 Å². The molecule has 0 heterocycles. The van der Waals surface area contributed by atoms with Crippen LogP contribution in [0.1, 0.15) is 33.6 Å². The van der Waals surface area contributed by atoms with Crippen LogP contribution in [0.15, 0.2) is 0 Å². The molecule has 0 aliphatic carbocycles. The molecule has 0 aliphatic rings. The summed E-state index contributed by atoms with van der Waals surface area (Å²) in [4.78, 5) is 0. The van der Waals surface area contributed by atoms with Crippen LogP contribution in [0.5, 0.6) is 0 Å². The van der Waals surface area contributed by atoms with E-state index >= 15 is 0 Å². The van der Waals surface area contributed by atoms with E-state index in [1.807, 2.05) is 0 Å². The number of ether oxygens (including phenoxy) is 1. The van der Waals surface area contributed by atoms with Gasteiger partial charge in [0.2, 0.25) is 5.08 Å². The van der Waals surface area contributed by atoms with Gasteiger partial charge in [-0.2, -0.15) is 0 Å². The molecule has 0 aromatic carbocycles. The van der Waals surface area contributed by atoms with Crippen LogP contribution in [0.25, 0.3) is 0 Å². The molecule has 0 amide bonds. The second-order valence-electron chi connectivity index (χ2n) is 3.62. The first-order valence-corrected chi connectivity index (χ1v) is 8.84. The maximum atomic E-state index is 12.8. The van der Waals surface area contributed by atoms with Crippen molar-refractivity contribution in [1.29, 1.82) is 0 Å². The highest BCUT2D eigenvalue weighted by atomic mass is 31.2. The van der Waals surface area contributed by atoms with Gasteiger partial charge < -0.3 is 24.1 Å². The van der Waals surface area contributed by atoms with Gasteiger partial charge in [-0.3, -0.25) is 4.57 Å². The van der Waals surface area contributed by atoms with Gasteiger partial charge in [0.25, 0.3) is 0 Å². The summed E-state index contributed by atoms with van der Waals surface area (Å²) >= 11 is 0. The maximum absolute atomic E-state index is 12.8. The van der Waals surface area contributed by atoms with Gasteiger partial charge >= 0.3 is 7.60 Å². The fourth-order valence-electron chi connectivity index (χ4n) is 1.65. The van der Waals surface area contributed by atoms with Crippen molar-refractivity contribution in [3.05, 3.63) is 0 Å². The Balaban J connectivity index is 5.30. The zero-order chi connectivity index (χ0) is 14.1. The molecule has 2 unspecified atom stereocenters. The zero-order valence-electron chi connectivity index (χ0n) is 11.4. The molecule has 0 spiro atoms. The lowest BCUT2D eigenvalue weighted by Gasteiger charge is -2.34. The molecule has 0 aromatic heterocycles. The highest BCUT2D eigenvalue weighted by Crippen LogP contribution is 2.66. The summed E-state index contributed by atoms with van der Waals surface area (Å²) in [6.07, 6.45) is 0.868. The van der Waals surface area contributed by atoms with Crippen LogP contribution in [-0.4, -0.2) is 31.4 Å². The average molecular weight is 301 g/mol. The summed E-state index contributed by atoms with van der Waals surface area (Å²) in [6.45, 7) is 6.32. The van der Waals surface area contributed by atoms with Crippen LogP contribution in [0, 0.1) is 0 Å². The van der Waals surface area contributed by atoms with E-state index in [0.717, 1.165) is 0 Å². The summed E-state index contributed by atoms with van der Waals surface area (Å²) < 4.78 is 40.4. The normalized spacial score (nSPS) is 16.2. The van der Waals surface area contributed by atoms with Crippen molar-refractivity contribution in [2.24, 2.45) is 5.73 Å². The average Bonchev–Trinajstić information content (AvgIpc) is 2.35. The molecule has 0 radical (unpaired) electrons. The fourth-order valence-corrected chi connectivity index (χ4v) is 5.08. The molecule has 18 heavy (non-hydrogen) atoms. The smallest absolute Gasteiger partial charge is 0.356 e. The van der Waals surface area contributed by atoms with Crippen molar-refractivity contribution in [3.8, 4) is 0 Å². The van der Waals surface area contributed by atoms with Gasteiger partial charge in [-0.05, 0) is 40.2 Å². The number of rotatable bonds is 11. The van der Waals surface area contributed by atoms with E-state index < -0.39 is 21.1 Å². The van der Waals surface area contributed by atoms with E-state index in [1.54, 1.807) is 20.8 Å². The molecule has 6 nitrogen and oxygen atoms in total. The molecule has 2 atom stereocenters. The minimum atomic E-state index is -3.56. The van der Waals surface area contributed by atoms with E-state index in [4.69, 9.17) is 19.5 Å². The Morgan fingerprint density at radius 2 is 1.72 bits per heavy atom. The van der Waals surface area contributed by atoms with Gasteiger partial charge in [0.1, 0.15) is 8.46 Å². The molecule has 2 N–H and O–H groups in total. The molecule has 0 saturated heterocycles. The summed E-state index contributed by atoms with van der Waals surface area (Å²) in [5, 5.41) is -1.34. The first-order valence-electron chi connectivity index (χ1n) is 6.25. The lowest BCUT2D eigenvalue weighted by molar-refractivity contribution is 0.0462.